The molecule has 0 bridgehead atoms. The van der Waals surface area contributed by atoms with Gasteiger partial charge < -0.3 is 19.7 Å². The van der Waals surface area contributed by atoms with Gasteiger partial charge in [0.1, 0.15) is 18.1 Å². The smallest absolute Gasteiger partial charge is 0.250 e. The molecule has 2 N–H and O–H groups in total. The van der Waals surface area contributed by atoms with Crippen molar-refractivity contribution < 1.29 is 9.84 Å². The molecule has 2 aromatic carbocycles. The molecule has 0 saturated carbocycles. The highest BCUT2D eigenvalue weighted by Crippen LogP contribution is 2.35. The number of benzene rings is 2. The van der Waals surface area contributed by atoms with Gasteiger partial charge in [0, 0.05) is 25.9 Å². The summed E-state index contributed by atoms with van der Waals surface area (Å²) < 4.78 is 7.31. The van der Waals surface area contributed by atoms with Gasteiger partial charge in [0.05, 0.1) is 0 Å². The summed E-state index contributed by atoms with van der Waals surface area (Å²) in [5.41, 5.74) is 4.97. The Labute approximate surface area is 177 Å². The van der Waals surface area contributed by atoms with Gasteiger partial charge in [0.25, 0.3) is 5.56 Å². The lowest BCUT2D eigenvalue weighted by molar-refractivity contribution is 0.318. The highest BCUT2D eigenvalue weighted by Gasteiger charge is 2.14. The van der Waals surface area contributed by atoms with E-state index in [2.05, 4.69) is 12.2 Å². The van der Waals surface area contributed by atoms with Crippen LogP contribution in [0.25, 0.3) is 11.1 Å². The molecule has 1 heterocycles. The number of nitrogens with one attached hydrogen (secondary N) is 1. The van der Waals surface area contributed by atoms with Crippen LogP contribution in [0, 0.1) is 0 Å². The SMILES string of the molecule is CC/C(=C(/c1ccc(O)cc1)c1ccc(OCCNC)cc1)c1ccn(C)c(=O)c1. The molecule has 0 atom stereocenters. The zero-order valence-corrected chi connectivity index (χ0v) is 17.7. The number of rotatable bonds is 8. The largest absolute Gasteiger partial charge is 0.508 e. The van der Waals surface area contributed by atoms with Crippen LogP contribution in [-0.4, -0.2) is 29.9 Å². The van der Waals surface area contributed by atoms with E-state index in [1.807, 2.05) is 49.5 Å². The van der Waals surface area contributed by atoms with Gasteiger partial charge in [-0.05, 0) is 71.6 Å². The highest BCUT2D eigenvalue weighted by atomic mass is 16.5. The Morgan fingerprint density at radius 3 is 2.20 bits per heavy atom. The molecule has 156 valence electrons. The first kappa shape index (κ1) is 21.4. The summed E-state index contributed by atoms with van der Waals surface area (Å²) in [6.45, 7) is 3.47. The van der Waals surface area contributed by atoms with Crippen molar-refractivity contribution >= 4 is 11.1 Å². The second-order valence-electron chi connectivity index (χ2n) is 7.09. The fraction of sp³-hybridized carbons (Fsp3) is 0.240. The fourth-order valence-corrected chi connectivity index (χ4v) is 3.39. The summed E-state index contributed by atoms with van der Waals surface area (Å²) >= 11 is 0. The number of phenolic OH excluding ortho intramolecular Hbond substituents is 1. The van der Waals surface area contributed by atoms with Crippen molar-refractivity contribution in [2.45, 2.75) is 13.3 Å². The monoisotopic (exact) mass is 404 g/mol. The van der Waals surface area contributed by atoms with Crippen LogP contribution in [0.3, 0.4) is 0 Å². The van der Waals surface area contributed by atoms with E-state index < -0.39 is 0 Å². The lowest BCUT2D eigenvalue weighted by Gasteiger charge is -2.17. The second-order valence-corrected chi connectivity index (χ2v) is 7.09. The Morgan fingerprint density at radius 1 is 1.00 bits per heavy atom. The van der Waals surface area contributed by atoms with Crippen LogP contribution >= 0.6 is 0 Å². The van der Waals surface area contributed by atoms with Gasteiger partial charge in [0.15, 0.2) is 0 Å². The maximum atomic E-state index is 12.3. The van der Waals surface area contributed by atoms with E-state index in [9.17, 15) is 9.90 Å². The van der Waals surface area contributed by atoms with Crippen LogP contribution in [-0.2, 0) is 7.05 Å². The maximum absolute atomic E-state index is 12.3. The molecule has 0 saturated heterocycles. The normalized spacial score (nSPS) is 11.8. The van der Waals surface area contributed by atoms with Crippen LogP contribution in [0.5, 0.6) is 11.5 Å². The predicted octanol–water partition coefficient (Wildman–Crippen LogP) is 4.06. The lowest BCUT2D eigenvalue weighted by atomic mass is 9.88. The Hall–Kier alpha value is -3.31. The molecular formula is C25H28N2O3. The van der Waals surface area contributed by atoms with Gasteiger partial charge in [-0.3, -0.25) is 4.79 Å². The predicted molar refractivity (Wildman–Crippen MR) is 122 cm³/mol. The third kappa shape index (κ3) is 4.99. The van der Waals surface area contributed by atoms with Crippen LogP contribution in [0.1, 0.15) is 30.0 Å². The first-order chi connectivity index (χ1) is 14.5. The summed E-state index contributed by atoms with van der Waals surface area (Å²) in [6.07, 6.45) is 2.55. The molecule has 0 aliphatic rings. The molecule has 0 radical (unpaired) electrons. The van der Waals surface area contributed by atoms with Gasteiger partial charge in [-0.15, -0.1) is 0 Å². The zero-order chi connectivity index (χ0) is 21.5. The summed E-state index contributed by atoms with van der Waals surface area (Å²) in [5.74, 6) is 1.03. The first-order valence-electron chi connectivity index (χ1n) is 10.1. The molecule has 0 unspecified atom stereocenters. The molecule has 5 heteroatoms. The first-order valence-corrected chi connectivity index (χ1v) is 10.1. The molecule has 30 heavy (non-hydrogen) atoms. The average Bonchev–Trinajstić information content (AvgIpc) is 2.76. The molecule has 5 nitrogen and oxygen atoms in total. The maximum Gasteiger partial charge on any atom is 0.250 e. The van der Waals surface area contributed by atoms with Crippen LogP contribution < -0.4 is 15.6 Å². The number of nitrogens with zero attached hydrogens (tertiary/aromatic N) is 1. The van der Waals surface area contributed by atoms with Crippen molar-refractivity contribution in [3.05, 3.63) is 93.9 Å². The summed E-state index contributed by atoms with van der Waals surface area (Å²) in [4.78, 5) is 12.3. The third-order valence-corrected chi connectivity index (χ3v) is 5.03. The Kier molecular flexibility index (Phi) is 7.09. The van der Waals surface area contributed by atoms with E-state index >= 15 is 0 Å². The van der Waals surface area contributed by atoms with E-state index in [1.54, 1.807) is 36.0 Å². The van der Waals surface area contributed by atoms with Crippen molar-refractivity contribution in [3.63, 3.8) is 0 Å². The molecule has 0 aliphatic heterocycles. The summed E-state index contributed by atoms with van der Waals surface area (Å²) in [6, 6.07) is 18.8. The molecular weight excluding hydrogens is 376 g/mol. The zero-order valence-electron chi connectivity index (χ0n) is 17.7. The lowest BCUT2D eigenvalue weighted by Crippen LogP contribution is -2.15. The number of hydrogen-bond acceptors (Lipinski definition) is 4. The molecule has 0 amide bonds. The number of aryl methyl sites for hydroxylation is 1. The Balaban J connectivity index is 2.12. The average molecular weight is 405 g/mol. The number of hydrogen-bond donors (Lipinski definition) is 2. The van der Waals surface area contributed by atoms with Gasteiger partial charge in [-0.1, -0.05) is 31.2 Å². The number of likely N-dealkylation sites (N-methyl/N-ethyl adjacent to an activating group) is 1. The second kappa shape index (κ2) is 9.94. The van der Waals surface area contributed by atoms with E-state index in [0.29, 0.717) is 6.61 Å². The van der Waals surface area contributed by atoms with Gasteiger partial charge in [0.2, 0.25) is 0 Å². The van der Waals surface area contributed by atoms with E-state index in [4.69, 9.17) is 4.74 Å². The van der Waals surface area contributed by atoms with Gasteiger partial charge in [-0.25, -0.2) is 0 Å². The van der Waals surface area contributed by atoms with Crippen molar-refractivity contribution in [1.29, 1.82) is 0 Å². The third-order valence-electron chi connectivity index (χ3n) is 5.03. The topological polar surface area (TPSA) is 63.5 Å². The minimum absolute atomic E-state index is 0.0446. The molecule has 0 fully saturated rings. The Bertz CT molecular complexity index is 1060. The van der Waals surface area contributed by atoms with E-state index in [-0.39, 0.29) is 11.3 Å². The summed E-state index contributed by atoms with van der Waals surface area (Å²) in [7, 11) is 3.64. The molecule has 3 rings (SSSR count). The standard InChI is InChI=1S/C25H28N2O3/c1-4-23(20-13-15-27(3)24(29)17-20)25(18-5-9-21(28)10-6-18)19-7-11-22(12-8-19)30-16-14-26-2/h5-13,15,17,26,28H,4,14,16H2,1-3H3/b25-23+. The Morgan fingerprint density at radius 2 is 1.63 bits per heavy atom. The van der Waals surface area contributed by atoms with Crippen LogP contribution in [0.2, 0.25) is 0 Å². The molecule has 0 spiro atoms. The number of aromatic nitrogens is 1. The molecule has 1 aromatic heterocycles. The number of pyridine rings is 1. The van der Waals surface area contributed by atoms with E-state index in [1.165, 1.54) is 0 Å². The van der Waals surface area contributed by atoms with Crippen molar-refractivity contribution in [3.8, 4) is 11.5 Å². The quantitative estimate of drug-likeness (QED) is 0.556. The molecule has 3 aromatic rings. The number of allylic oxidation sites excluding steroid dienone is 1. The fourth-order valence-electron chi connectivity index (χ4n) is 3.39. The van der Waals surface area contributed by atoms with E-state index in [0.717, 1.165) is 46.6 Å². The molecule has 0 aliphatic carbocycles. The van der Waals surface area contributed by atoms with Crippen molar-refractivity contribution in [2.24, 2.45) is 7.05 Å². The number of aromatic hydroxyl groups is 1. The minimum Gasteiger partial charge on any atom is -0.508 e. The van der Waals surface area contributed by atoms with Crippen LogP contribution in [0.15, 0.2) is 71.7 Å². The van der Waals surface area contributed by atoms with Crippen molar-refractivity contribution in [2.75, 3.05) is 20.2 Å². The number of ether oxygens (including phenoxy) is 1. The number of phenols is 1. The minimum atomic E-state index is -0.0446. The van der Waals surface area contributed by atoms with Gasteiger partial charge >= 0.3 is 0 Å². The van der Waals surface area contributed by atoms with Crippen molar-refractivity contribution in [1.82, 2.24) is 9.88 Å². The van der Waals surface area contributed by atoms with Gasteiger partial charge in [-0.2, -0.15) is 0 Å². The highest BCUT2D eigenvalue weighted by molar-refractivity contribution is 5.98. The summed E-state index contributed by atoms with van der Waals surface area (Å²) in [5, 5.41) is 12.8. The van der Waals surface area contributed by atoms with Crippen LogP contribution in [0.4, 0.5) is 0 Å².